The van der Waals surface area contributed by atoms with Crippen LogP contribution in [-0.2, 0) is 29.5 Å². The summed E-state index contributed by atoms with van der Waals surface area (Å²) in [6, 6.07) is 40.9. The second-order valence-electron chi connectivity index (χ2n) is 15.7. The Kier molecular flexibility index (Phi) is 25.9. The Bertz CT molecular complexity index is 3660. The molecule has 0 bridgehead atoms. The fourth-order valence-corrected chi connectivity index (χ4v) is 9.65. The van der Waals surface area contributed by atoms with Crippen LogP contribution in [0.1, 0.15) is 85.6 Å². The van der Waals surface area contributed by atoms with Gasteiger partial charge < -0.3 is 23.6 Å². The fourth-order valence-electron chi connectivity index (χ4n) is 7.10. The van der Waals surface area contributed by atoms with Gasteiger partial charge in [-0.05, 0) is 132 Å². The standard InChI is InChI=1S/C15H10BrFN2O.C15H8BrFO2.C10H11O5P.C8H6O3.C7H4BrFO.I3/c16-12-7-9(5-6-13(12)17)8-14-10-3-1-2-4-11(10)15(20)19-18-14;16-12-7-9(5-6-13(12)17)8-14-10-3-1-2-4-11(10)15(18)19-14;1-13-16(12,14-2)10-8-6-4-3-5-7(8)9(11)15-10;9-5-6-3-1-2-4-7(6)8(10)11;8-6-3-5(4-10)1-2-7(6)9;1-3-2/h1-7H,8H2,(H,19,20);1-8H;3-6,10H,1-2H3;1-5H,(H,10,11);1-4H;/q;;;;;-1/b;14-8-;;;;. The number of cyclic esters (lactones) is 2. The number of fused-ring (bicyclic) bond motifs is 3. The molecule has 1 unspecified atom stereocenters. The minimum atomic E-state index is -3.44. The summed E-state index contributed by atoms with van der Waals surface area (Å²) >= 11 is 14.5. The van der Waals surface area contributed by atoms with E-state index in [9.17, 15) is 46.5 Å². The third-order valence-electron chi connectivity index (χ3n) is 10.8. The van der Waals surface area contributed by atoms with Crippen LogP contribution < -0.4 is 18.8 Å². The van der Waals surface area contributed by atoms with Crippen LogP contribution >= 0.6 is 92.6 Å². The first kappa shape index (κ1) is 64.6. The van der Waals surface area contributed by atoms with E-state index in [4.69, 9.17) is 23.6 Å². The number of aromatic nitrogens is 2. The van der Waals surface area contributed by atoms with E-state index in [0.717, 1.165) is 27.8 Å². The van der Waals surface area contributed by atoms with Crippen LogP contribution in [0.3, 0.4) is 0 Å². The summed E-state index contributed by atoms with van der Waals surface area (Å²) in [6.45, 7) is 0. The van der Waals surface area contributed by atoms with Crippen LogP contribution in [0.4, 0.5) is 13.2 Å². The number of nitrogens with one attached hydrogen (secondary N) is 1. The van der Waals surface area contributed by atoms with Gasteiger partial charge in [0.25, 0.3) is 5.56 Å². The number of rotatable bonds is 9. The minimum Gasteiger partial charge on any atom is -0.478 e. The second kappa shape index (κ2) is 31.7. The molecule has 0 fully saturated rings. The Morgan fingerprint density at radius 3 is 1.78 bits per heavy atom. The van der Waals surface area contributed by atoms with E-state index >= 15 is 0 Å². The molecule has 2 aliphatic rings. The van der Waals surface area contributed by atoms with Crippen LogP contribution in [0.5, 0.6) is 0 Å². The normalized spacial score (nSPS) is 13.1. The number of H-pyrrole nitrogens is 1. The van der Waals surface area contributed by atoms with Crippen LogP contribution in [0.15, 0.2) is 170 Å². The summed E-state index contributed by atoms with van der Waals surface area (Å²) in [6.07, 6.45) is 3.44. The molecule has 2 aliphatic heterocycles. The van der Waals surface area contributed by atoms with Crippen molar-refractivity contribution in [1.82, 2.24) is 10.2 Å². The van der Waals surface area contributed by atoms with Gasteiger partial charge in [0, 0.05) is 48.3 Å². The van der Waals surface area contributed by atoms with Crippen molar-refractivity contribution in [3.8, 4) is 0 Å². The first-order valence-corrected chi connectivity index (χ1v) is 38.8. The van der Waals surface area contributed by atoms with Crippen molar-refractivity contribution in [2.45, 2.75) is 12.3 Å². The Balaban J connectivity index is 0.000000183. The Morgan fingerprint density at radius 1 is 0.696 bits per heavy atom. The van der Waals surface area contributed by atoms with Gasteiger partial charge in [0.1, 0.15) is 29.5 Å². The first-order chi connectivity index (χ1) is 37.8. The Hall–Kier alpha value is -5.26. The van der Waals surface area contributed by atoms with E-state index in [-0.39, 0.29) is 40.1 Å². The largest absolute Gasteiger partial charge is 0.478 e. The van der Waals surface area contributed by atoms with Gasteiger partial charge in [-0.25, -0.2) is 32.7 Å². The maximum atomic E-state index is 13.2. The molecule has 14 nitrogen and oxygen atoms in total. The zero-order valence-electron chi connectivity index (χ0n) is 40.7. The summed E-state index contributed by atoms with van der Waals surface area (Å²) in [5.74, 6) is -3.40. The molecule has 0 radical (unpaired) electrons. The number of carboxylic acids is 1. The molecule has 1 atom stereocenters. The number of carboxylic acid groups (broad SMARTS) is 1. The van der Waals surface area contributed by atoms with E-state index in [2.05, 4.69) is 95.2 Å². The third kappa shape index (κ3) is 17.9. The molecule has 79 heavy (non-hydrogen) atoms. The molecule has 410 valence electrons. The van der Waals surface area contributed by atoms with Crippen LogP contribution in [0, 0.1) is 17.5 Å². The zero-order chi connectivity index (χ0) is 57.8. The van der Waals surface area contributed by atoms with E-state index in [1.807, 2.05) is 30.3 Å². The number of aldehydes is 2. The number of aromatic carboxylic acids is 1. The number of hydrogen-bond donors (Lipinski definition) is 2. The minimum absolute atomic E-state index is 0.0440. The summed E-state index contributed by atoms with van der Waals surface area (Å²) in [5, 5.41) is 16.6. The van der Waals surface area contributed by atoms with Crippen molar-refractivity contribution >= 4 is 146 Å². The van der Waals surface area contributed by atoms with Gasteiger partial charge in [0.05, 0.1) is 41.2 Å². The van der Waals surface area contributed by atoms with Crippen LogP contribution in [0.2, 0.25) is 0 Å². The van der Waals surface area contributed by atoms with Gasteiger partial charge in [0.2, 0.25) is 5.85 Å². The molecular formula is C55H39Br3F3I3N2O12P-. The number of hydrogen-bond acceptors (Lipinski definition) is 12. The molecule has 10 rings (SSSR count). The molecule has 8 aromatic rings. The molecule has 24 heteroatoms. The number of nitrogens with zero attached hydrogens (tertiary/aromatic N) is 1. The van der Waals surface area contributed by atoms with Crippen LogP contribution in [-0.4, -0.2) is 60.0 Å². The summed E-state index contributed by atoms with van der Waals surface area (Å²) in [5.41, 5.74) is 5.21. The molecule has 0 saturated heterocycles. The Labute approximate surface area is 504 Å². The van der Waals surface area contributed by atoms with Crippen molar-refractivity contribution < 1.29 is 78.6 Å². The predicted molar refractivity (Wildman–Crippen MR) is 316 cm³/mol. The number of carbonyl (C=O) groups is 5. The van der Waals surface area contributed by atoms with E-state index < -0.39 is 25.4 Å². The molecule has 3 heterocycles. The van der Waals surface area contributed by atoms with Crippen molar-refractivity contribution in [1.29, 1.82) is 0 Å². The number of benzene rings is 7. The average Bonchev–Trinajstić information content (AvgIpc) is 4.14. The number of carbonyl (C=O) groups excluding carboxylic acids is 4. The van der Waals surface area contributed by atoms with E-state index in [1.165, 1.54) is 56.7 Å². The molecule has 7 aromatic carbocycles. The Morgan fingerprint density at radius 2 is 1.22 bits per heavy atom. The number of aromatic amines is 1. The van der Waals surface area contributed by atoms with Gasteiger partial charge in [-0.2, -0.15) is 5.10 Å². The van der Waals surface area contributed by atoms with Crippen LogP contribution in [0.25, 0.3) is 22.6 Å². The molecule has 0 amide bonds. The molecular weight excluding hydrogens is 1590 g/mol. The molecule has 1 aromatic heterocycles. The van der Waals surface area contributed by atoms with Gasteiger partial charge in [-0.15, -0.1) is 0 Å². The van der Waals surface area contributed by atoms with Gasteiger partial charge in [0.15, 0.2) is 6.29 Å². The summed E-state index contributed by atoms with van der Waals surface area (Å²) in [7, 11) is -0.916. The smallest absolute Gasteiger partial charge is 0.344 e. The SMILES string of the molecule is COP(=O)(OC)C1OC(=O)c2ccccc21.I[I-]I.O=C1O/C(=C\c2ccc(F)c(Br)c2)c2ccccc21.O=Cc1ccc(F)c(Br)c1.O=Cc1ccccc1C(=O)O.O=c1[nH]nc(Cc2ccc(F)c(Br)c2)c2ccccc12. The van der Waals surface area contributed by atoms with Gasteiger partial charge in [-0.1, -0.05) is 84.9 Å². The van der Waals surface area contributed by atoms with E-state index in [0.29, 0.717) is 79.1 Å². The second-order valence-corrected chi connectivity index (χ2v) is 36.8. The molecule has 0 saturated carbocycles. The maximum absolute atomic E-state index is 13.2. The number of halogens is 9. The van der Waals surface area contributed by atoms with Crippen molar-refractivity contribution in [2.24, 2.45) is 0 Å². The summed E-state index contributed by atoms with van der Waals surface area (Å²) < 4.78 is 72.0. The van der Waals surface area contributed by atoms with Crippen molar-refractivity contribution in [2.75, 3.05) is 14.2 Å². The van der Waals surface area contributed by atoms with Crippen molar-refractivity contribution in [3.63, 3.8) is 0 Å². The zero-order valence-corrected chi connectivity index (χ0v) is 52.8. The first-order valence-electron chi connectivity index (χ1n) is 22.3. The fraction of sp³-hybridized carbons (Fsp3) is 0.0727. The monoisotopic (exact) mass is 1620 g/mol. The molecule has 2 N–H and O–H groups in total. The van der Waals surface area contributed by atoms with E-state index in [1.54, 1.807) is 84.9 Å². The molecule has 0 spiro atoms. The predicted octanol–water partition coefficient (Wildman–Crippen LogP) is 12.4. The maximum Gasteiger partial charge on any atom is 0.344 e. The summed E-state index contributed by atoms with van der Waals surface area (Å²) in [4.78, 5) is 65.7. The number of esters is 2. The van der Waals surface area contributed by atoms with Crippen molar-refractivity contribution in [3.05, 3.63) is 249 Å². The quantitative estimate of drug-likeness (QED) is 0.0598. The number of ether oxygens (including phenoxy) is 2. The topological polar surface area (TPSA) is 205 Å². The van der Waals surface area contributed by atoms with Gasteiger partial charge in [-0.3, -0.25) is 18.9 Å². The average molecular weight is 1630 g/mol. The molecule has 0 aliphatic carbocycles. The van der Waals surface area contributed by atoms with Gasteiger partial charge >= 0.3 is 76.0 Å². The third-order valence-corrected chi connectivity index (χ3v) is 14.6.